The summed E-state index contributed by atoms with van der Waals surface area (Å²) in [6, 6.07) is 0. The van der Waals surface area contributed by atoms with Crippen molar-refractivity contribution in [1.29, 1.82) is 0 Å². The molecule has 1 rings (SSSR count). The van der Waals surface area contributed by atoms with E-state index in [-0.39, 0.29) is 5.91 Å². The third-order valence-electron chi connectivity index (χ3n) is 1.41. The van der Waals surface area contributed by atoms with Crippen LogP contribution in [-0.4, -0.2) is 22.6 Å². The lowest BCUT2D eigenvalue weighted by Crippen LogP contribution is -2.05. The van der Waals surface area contributed by atoms with E-state index in [1.807, 2.05) is 0 Å². The topological polar surface area (TPSA) is 44.1 Å². The number of rotatable bonds is 2. The van der Waals surface area contributed by atoms with Crippen molar-refractivity contribution in [3.8, 4) is 0 Å². The predicted molar refractivity (Wildman–Crippen MR) is 43.6 cm³/mol. The number of hydrogen-bond acceptors (Lipinski definition) is 3. The summed E-state index contributed by atoms with van der Waals surface area (Å²) in [6.07, 6.45) is 5.99. The first-order valence-electron chi connectivity index (χ1n) is 3.48. The fourth-order valence-corrected chi connectivity index (χ4v) is 0.697. The number of methoxy groups -OCH3 is 1. The number of hydrogen-bond donors (Lipinski definition) is 0. The Hall–Kier alpha value is -1.58. The van der Waals surface area contributed by atoms with Crippen LogP contribution in [0.3, 0.4) is 0 Å². The van der Waals surface area contributed by atoms with E-state index in [0.29, 0.717) is 5.76 Å². The molecule has 0 spiro atoms. The molecule has 0 saturated carbocycles. The molecule has 1 aromatic heterocycles. The number of allylic oxidation sites excluding steroid dienone is 2. The summed E-state index contributed by atoms with van der Waals surface area (Å²) in [6.45, 7) is 1.72. The molecule has 0 bridgehead atoms. The minimum Gasteiger partial charge on any atom is -0.501 e. The van der Waals surface area contributed by atoms with E-state index in [2.05, 4.69) is 4.98 Å². The fourth-order valence-electron chi connectivity index (χ4n) is 0.697. The van der Waals surface area contributed by atoms with Crippen molar-refractivity contribution in [3.63, 3.8) is 0 Å². The molecule has 0 aliphatic heterocycles. The summed E-state index contributed by atoms with van der Waals surface area (Å²) < 4.78 is 6.20. The lowest BCUT2D eigenvalue weighted by atomic mass is 10.4. The van der Waals surface area contributed by atoms with Crippen LogP contribution in [0.2, 0.25) is 0 Å². The van der Waals surface area contributed by atoms with Crippen molar-refractivity contribution in [2.45, 2.75) is 6.92 Å². The Morgan fingerprint density at radius 3 is 2.92 bits per heavy atom. The maximum Gasteiger partial charge on any atom is 0.259 e. The largest absolute Gasteiger partial charge is 0.501 e. The monoisotopic (exact) mass is 166 g/mol. The number of ether oxygens (including phenoxy) is 1. The first-order chi connectivity index (χ1) is 5.74. The highest BCUT2D eigenvalue weighted by Crippen LogP contribution is 1.95. The van der Waals surface area contributed by atoms with E-state index in [1.54, 1.807) is 19.3 Å². The predicted octanol–water partition coefficient (Wildman–Crippen LogP) is 1.07. The molecule has 12 heavy (non-hydrogen) atoms. The Morgan fingerprint density at radius 2 is 2.42 bits per heavy atom. The molecule has 1 aromatic rings. The highest BCUT2D eigenvalue weighted by atomic mass is 16.5. The lowest BCUT2D eigenvalue weighted by molar-refractivity contribution is 0.0963. The van der Waals surface area contributed by atoms with Crippen molar-refractivity contribution in [2.75, 3.05) is 7.11 Å². The second-order valence-corrected chi connectivity index (χ2v) is 2.27. The molecule has 0 fully saturated rings. The van der Waals surface area contributed by atoms with E-state index in [4.69, 9.17) is 4.74 Å². The molecule has 0 radical (unpaired) electrons. The van der Waals surface area contributed by atoms with Crippen LogP contribution in [-0.2, 0) is 4.74 Å². The molecule has 0 aromatic carbocycles. The molecule has 0 amide bonds. The smallest absolute Gasteiger partial charge is 0.259 e. The molecule has 4 heteroatoms. The number of nitrogens with zero attached hydrogens (tertiary/aromatic N) is 2. The normalized spacial score (nSPS) is 11.3. The number of aromatic nitrogens is 2. The van der Waals surface area contributed by atoms with E-state index in [0.717, 1.165) is 0 Å². The highest BCUT2D eigenvalue weighted by Gasteiger charge is 1.99. The number of imidazole rings is 1. The second-order valence-electron chi connectivity index (χ2n) is 2.27. The van der Waals surface area contributed by atoms with Crippen molar-refractivity contribution in [2.24, 2.45) is 0 Å². The molecule has 0 N–H and O–H groups in total. The third kappa shape index (κ3) is 1.95. The Balaban J connectivity index is 2.74. The van der Waals surface area contributed by atoms with Crippen molar-refractivity contribution < 1.29 is 9.53 Å². The molecular formula is C8H10N2O2. The molecular weight excluding hydrogens is 156 g/mol. The zero-order valence-corrected chi connectivity index (χ0v) is 7.02. The van der Waals surface area contributed by atoms with Gasteiger partial charge >= 0.3 is 0 Å². The quantitative estimate of drug-likeness (QED) is 0.487. The Labute approximate surface area is 70.5 Å². The minimum atomic E-state index is -0.160. The average Bonchev–Trinajstić information content (AvgIpc) is 2.56. The number of carbonyl (C=O) groups is 1. The zero-order chi connectivity index (χ0) is 8.97. The molecule has 0 unspecified atom stereocenters. The first-order valence-corrected chi connectivity index (χ1v) is 3.48. The summed E-state index contributed by atoms with van der Waals surface area (Å²) in [4.78, 5) is 15.0. The standard InChI is InChI=1S/C8H10N2O2/c1-7(12-2)5-8(11)10-4-3-9-6-10/h3-6H,1-2H3/b7-5+. The Kier molecular flexibility index (Phi) is 2.63. The summed E-state index contributed by atoms with van der Waals surface area (Å²) in [7, 11) is 1.52. The van der Waals surface area contributed by atoms with E-state index in [1.165, 1.54) is 24.1 Å². The van der Waals surface area contributed by atoms with Crippen LogP contribution in [0.4, 0.5) is 0 Å². The van der Waals surface area contributed by atoms with E-state index in [9.17, 15) is 4.79 Å². The van der Waals surface area contributed by atoms with Crippen LogP contribution in [0.5, 0.6) is 0 Å². The van der Waals surface area contributed by atoms with Crippen molar-refractivity contribution >= 4 is 5.91 Å². The molecule has 0 atom stereocenters. The maximum atomic E-state index is 11.2. The van der Waals surface area contributed by atoms with Gasteiger partial charge in [0.2, 0.25) is 0 Å². The van der Waals surface area contributed by atoms with Gasteiger partial charge in [-0.25, -0.2) is 4.98 Å². The van der Waals surface area contributed by atoms with Crippen LogP contribution in [0.1, 0.15) is 11.7 Å². The van der Waals surface area contributed by atoms with Gasteiger partial charge in [-0.3, -0.25) is 9.36 Å². The summed E-state index contributed by atoms with van der Waals surface area (Å²) in [5.41, 5.74) is 0. The molecule has 0 aliphatic rings. The van der Waals surface area contributed by atoms with Gasteiger partial charge in [0.1, 0.15) is 6.33 Å². The van der Waals surface area contributed by atoms with Gasteiger partial charge in [-0.2, -0.15) is 0 Å². The van der Waals surface area contributed by atoms with Crippen molar-refractivity contribution in [1.82, 2.24) is 9.55 Å². The van der Waals surface area contributed by atoms with Gasteiger partial charge in [0.15, 0.2) is 0 Å². The zero-order valence-electron chi connectivity index (χ0n) is 7.02. The van der Waals surface area contributed by atoms with Crippen molar-refractivity contribution in [3.05, 3.63) is 30.6 Å². The highest BCUT2D eigenvalue weighted by molar-refractivity contribution is 5.89. The molecule has 1 heterocycles. The third-order valence-corrected chi connectivity index (χ3v) is 1.41. The maximum absolute atomic E-state index is 11.2. The summed E-state index contributed by atoms with van der Waals surface area (Å²) in [5.74, 6) is 0.417. The van der Waals surface area contributed by atoms with Gasteiger partial charge in [0, 0.05) is 18.5 Å². The van der Waals surface area contributed by atoms with Gasteiger partial charge in [-0.15, -0.1) is 0 Å². The van der Waals surface area contributed by atoms with Gasteiger partial charge in [-0.1, -0.05) is 0 Å². The summed E-state index contributed by atoms with van der Waals surface area (Å²) >= 11 is 0. The van der Waals surface area contributed by atoms with Crippen LogP contribution < -0.4 is 0 Å². The molecule has 0 saturated heterocycles. The van der Waals surface area contributed by atoms with Crippen LogP contribution in [0, 0.1) is 0 Å². The molecule has 4 nitrogen and oxygen atoms in total. The minimum absolute atomic E-state index is 0.160. The molecule has 64 valence electrons. The Bertz CT molecular complexity index is 288. The van der Waals surface area contributed by atoms with Gasteiger partial charge in [-0.05, 0) is 6.92 Å². The first kappa shape index (κ1) is 8.52. The number of carbonyl (C=O) groups excluding carboxylic acids is 1. The van der Waals surface area contributed by atoms with E-state index >= 15 is 0 Å². The molecule has 0 aliphatic carbocycles. The van der Waals surface area contributed by atoms with Gasteiger partial charge in [0.25, 0.3) is 5.91 Å². The SMILES string of the molecule is CO/C(C)=C/C(=O)n1ccnc1. The summed E-state index contributed by atoms with van der Waals surface area (Å²) in [5, 5.41) is 0. The second kappa shape index (κ2) is 3.71. The van der Waals surface area contributed by atoms with E-state index < -0.39 is 0 Å². The van der Waals surface area contributed by atoms with Crippen LogP contribution >= 0.6 is 0 Å². The van der Waals surface area contributed by atoms with Gasteiger partial charge in [0.05, 0.1) is 12.9 Å². The van der Waals surface area contributed by atoms with Crippen LogP contribution in [0.15, 0.2) is 30.6 Å². The Morgan fingerprint density at radius 1 is 1.67 bits per heavy atom. The van der Waals surface area contributed by atoms with Gasteiger partial charge < -0.3 is 4.74 Å². The van der Waals surface area contributed by atoms with Crippen LogP contribution in [0.25, 0.3) is 0 Å². The lowest BCUT2D eigenvalue weighted by Gasteiger charge is -1.97. The average molecular weight is 166 g/mol. The fraction of sp³-hybridized carbons (Fsp3) is 0.250.